The van der Waals surface area contributed by atoms with Gasteiger partial charge in [-0.1, -0.05) is 0 Å². The van der Waals surface area contributed by atoms with E-state index in [-0.39, 0.29) is 4.90 Å². The Morgan fingerprint density at radius 3 is 2.39 bits per heavy atom. The van der Waals surface area contributed by atoms with Crippen LogP contribution < -0.4 is 4.72 Å². The molecule has 0 bridgehead atoms. The Kier molecular flexibility index (Phi) is 3.08. The van der Waals surface area contributed by atoms with Crippen molar-refractivity contribution in [3.05, 3.63) is 42.0 Å². The van der Waals surface area contributed by atoms with E-state index >= 15 is 0 Å². The maximum Gasteiger partial charge on any atom is 0.262 e. The van der Waals surface area contributed by atoms with Crippen molar-refractivity contribution >= 4 is 15.7 Å². The molecule has 1 heterocycles. The van der Waals surface area contributed by atoms with E-state index in [1.165, 1.54) is 16.8 Å². The van der Waals surface area contributed by atoms with Crippen molar-refractivity contribution in [3.63, 3.8) is 0 Å². The van der Waals surface area contributed by atoms with E-state index < -0.39 is 15.8 Å². The topological polar surface area (TPSA) is 64.0 Å². The number of benzene rings is 1. The number of nitrogens with zero attached hydrogens (tertiary/aromatic N) is 2. The van der Waals surface area contributed by atoms with E-state index in [1.807, 2.05) is 0 Å². The molecule has 96 valence electrons. The molecule has 5 nitrogen and oxygen atoms in total. The number of aryl methyl sites for hydroxylation is 2. The van der Waals surface area contributed by atoms with Gasteiger partial charge in [0.15, 0.2) is 0 Å². The van der Waals surface area contributed by atoms with Crippen LogP contribution in [0.3, 0.4) is 0 Å². The fourth-order valence-corrected chi connectivity index (χ4v) is 2.62. The fourth-order valence-electron chi connectivity index (χ4n) is 1.52. The Labute approximate surface area is 104 Å². The summed E-state index contributed by atoms with van der Waals surface area (Å²) >= 11 is 0. The summed E-state index contributed by atoms with van der Waals surface area (Å²) in [6, 6.07) is 4.63. The molecule has 0 unspecified atom stereocenters. The van der Waals surface area contributed by atoms with E-state index in [0.29, 0.717) is 11.4 Å². The van der Waals surface area contributed by atoms with Crippen molar-refractivity contribution in [3.8, 4) is 0 Å². The molecule has 0 aliphatic rings. The van der Waals surface area contributed by atoms with Crippen LogP contribution in [0.5, 0.6) is 0 Å². The van der Waals surface area contributed by atoms with E-state index in [1.54, 1.807) is 20.2 Å². The zero-order chi connectivity index (χ0) is 13.3. The van der Waals surface area contributed by atoms with Crippen LogP contribution in [0, 0.1) is 12.7 Å². The molecule has 0 saturated heterocycles. The molecule has 0 radical (unpaired) electrons. The summed E-state index contributed by atoms with van der Waals surface area (Å²) in [6.07, 6.45) is 1.57. The Bertz CT molecular complexity index is 662. The average molecular weight is 269 g/mol. The van der Waals surface area contributed by atoms with Crippen LogP contribution in [0.25, 0.3) is 0 Å². The molecule has 2 aromatic rings. The molecule has 1 aromatic carbocycles. The van der Waals surface area contributed by atoms with Crippen molar-refractivity contribution in [2.24, 2.45) is 7.05 Å². The van der Waals surface area contributed by atoms with Gasteiger partial charge in [-0.25, -0.2) is 12.8 Å². The third-order valence-electron chi connectivity index (χ3n) is 2.38. The molecule has 1 aromatic heterocycles. The summed E-state index contributed by atoms with van der Waals surface area (Å²) in [5.41, 5.74) is 0.977. The summed E-state index contributed by atoms with van der Waals surface area (Å²) < 4.78 is 40.7. The third-order valence-corrected chi connectivity index (χ3v) is 3.76. The normalized spacial score (nSPS) is 11.5. The number of halogens is 1. The average Bonchev–Trinajstić information content (AvgIpc) is 2.57. The third kappa shape index (κ3) is 2.51. The van der Waals surface area contributed by atoms with E-state index in [0.717, 1.165) is 12.1 Å². The zero-order valence-electron chi connectivity index (χ0n) is 9.88. The number of aromatic nitrogens is 2. The lowest BCUT2D eigenvalue weighted by molar-refractivity contribution is 0.599. The first-order valence-corrected chi connectivity index (χ1v) is 6.65. The number of rotatable bonds is 3. The summed E-state index contributed by atoms with van der Waals surface area (Å²) in [6.45, 7) is 1.70. The second-order valence-electron chi connectivity index (χ2n) is 3.86. The van der Waals surface area contributed by atoms with Gasteiger partial charge in [0.2, 0.25) is 0 Å². The van der Waals surface area contributed by atoms with E-state index in [4.69, 9.17) is 0 Å². The van der Waals surface area contributed by atoms with Crippen molar-refractivity contribution in [1.29, 1.82) is 0 Å². The van der Waals surface area contributed by atoms with Gasteiger partial charge in [0.1, 0.15) is 5.82 Å². The quantitative estimate of drug-likeness (QED) is 0.921. The SMILES string of the molecule is Cc1nn(C)cc1NS(=O)(=O)c1ccc(F)cc1. The first kappa shape index (κ1) is 12.6. The molecule has 0 spiro atoms. The van der Waals surface area contributed by atoms with Crippen LogP contribution in [0.2, 0.25) is 0 Å². The Balaban J connectivity index is 2.33. The molecule has 0 fully saturated rings. The number of hydrogen-bond donors (Lipinski definition) is 1. The maximum atomic E-state index is 12.7. The predicted octanol–water partition coefficient (Wildman–Crippen LogP) is 1.67. The van der Waals surface area contributed by atoms with Gasteiger partial charge >= 0.3 is 0 Å². The number of nitrogens with one attached hydrogen (secondary N) is 1. The summed E-state index contributed by atoms with van der Waals surface area (Å²) in [5.74, 6) is -0.480. The van der Waals surface area contributed by atoms with Crippen molar-refractivity contribution in [2.75, 3.05) is 4.72 Å². The predicted molar refractivity (Wildman–Crippen MR) is 65.2 cm³/mol. The first-order valence-electron chi connectivity index (χ1n) is 5.17. The highest BCUT2D eigenvalue weighted by atomic mass is 32.2. The van der Waals surface area contributed by atoms with Crippen LogP contribution in [0.1, 0.15) is 5.69 Å². The largest absolute Gasteiger partial charge is 0.276 e. The van der Waals surface area contributed by atoms with Crippen LogP contribution in [-0.2, 0) is 17.1 Å². The van der Waals surface area contributed by atoms with Gasteiger partial charge in [0, 0.05) is 13.2 Å². The molecule has 0 saturated carbocycles. The van der Waals surface area contributed by atoms with E-state index in [2.05, 4.69) is 9.82 Å². The van der Waals surface area contributed by atoms with Crippen LogP contribution in [-0.4, -0.2) is 18.2 Å². The monoisotopic (exact) mass is 269 g/mol. The molecular weight excluding hydrogens is 257 g/mol. The number of hydrogen-bond acceptors (Lipinski definition) is 3. The lowest BCUT2D eigenvalue weighted by Crippen LogP contribution is -2.13. The van der Waals surface area contributed by atoms with Crippen LogP contribution >= 0.6 is 0 Å². The van der Waals surface area contributed by atoms with Gasteiger partial charge in [-0.15, -0.1) is 0 Å². The zero-order valence-corrected chi connectivity index (χ0v) is 10.7. The van der Waals surface area contributed by atoms with Crippen molar-refractivity contribution in [1.82, 2.24) is 9.78 Å². The molecular formula is C11H12FN3O2S. The standard InChI is InChI=1S/C11H12FN3O2S/c1-8-11(7-15(2)13-8)14-18(16,17)10-5-3-9(12)4-6-10/h3-7,14H,1-2H3. The minimum absolute atomic E-state index is 0.00662. The highest BCUT2D eigenvalue weighted by molar-refractivity contribution is 7.92. The van der Waals surface area contributed by atoms with E-state index in [9.17, 15) is 12.8 Å². The molecule has 7 heteroatoms. The second-order valence-corrected chi connectivity index (χ2v) is 5.54. The molecule has 2 rings (SSSR count). The van der Waals surface area contributed by atoms with Crippen molar-refractivity contribution in [2.45, 2.75) is 11.8 Å². The Hall–Kier alpha value is -1.89. The molecule has 18 heavy (non-hydrogen) atoms. The van der Waals surface area contributed by atoms with Crippen LogP contribution in [0.4, 0.5) is 10.1 Å². The van der Waals surface area contributed by atoms with Crippen LogP contribution in [0.15, 0.2) is 35.4 Å². The Morgan fingerprint density at radius 2 is 1.89 bits per heavy atom. The summed E-state index contributed by atoms with van der Waals surface area (Å²) in [5, 5.41) is 4.03. The maximum absolute atomic E-state index is 12.7. The summed E-state index contributed by atoms with van der Waals surface area (Å²) in [7, 11) is -2.01. The van der Waals surface area contributed by atoms with Gasteiger partial charge in [-0.05, 0) is 31.2 Å². The number of anilines is 1. The minimum atomic E-state index is -3.71. The minimum Gasteiger partial charge on any atom is -0.276 e. The van der Waals surface area contributed by atoms with Gasteiger partial charge in [0.05, 0.1) is 16.3 Å². The number of sulfonamides is 1. The smallest absolute Gasteiger partial charge is 0.262 e. The molecule has 0 aliphatic heterocycles. The second kappa shape index (κ2) is 4.41. The van der Waals surface area contributed by atoms with Gasteiger partial charge < -0.3 is 0 Å². The van der Waals surface area contributed by atoms with Gasteiger partial charge in [-0.2, -0.15) is 5.10 Å². The molecule has 0 aliphatic carbocycles. The van der Waals surface area contributed by atoms with Crippen molar-refractivity contribution < 1.29 is 12.8 Å². The molecule has 0 atom stereocenters. The van der Waals surface area contributed by atoms with Gasteiger partial charge in [0.25, 0.3) is 10.0 Å². The fraction of sp³-hybridized carbons (Fsp3) is 0.182. The lowest BCUT2D eigenvalue weighted by Gasteiger charge is -2.06. The molecule has 1 N–H and O–H groups in total. The molecule has 0 amide bonds. The van der Waals surface area contributed by atoms with Gasteiger partial charge in [-0.3, -0.25) is 9.40 Å². The first-order chi connectivity index (χ1) is 8.38. The highest BCUT2D eigenvalue weighted by Crippen LogP contribution is 2.18. The summed E-state index contributed by atoms with van der Waals surface area (Å²) in [4.78, 5) is 0.00662. The lowest BCUT2D eigenvalue weighted by atomic mass is 10.4. The Morgan fingerprint density at radius 1 is 1.28 bits per heavy atom. The highest BCUT2D eigenvalue weighted by Gasteiger charge is 2.16.